The highest BCUT2D eigenvalue weighted by atomic mass is 32.2. The Bertz CT molecular complexity index is 1460. The van der Waals surface area contributed by atoms with Gasteiger partial charge in [-0.2, -0.15) is 0 Å². The van der Waals surface area contributed by atoms with Crippen LogP contribution in [0.1, 0.15) is 16.7 Å². The van der Waals surface area contributed by atoms with Crippen molar-refractivity contribution < 1.29 is 9.18 Å². The van der Waals surface area contributed by atoms with Crippen LogP contribution in [0.5, 0.6) is 0 Å². The van der Waals surface area contributed by atoms with Gasteiger partial charge in [-0.3, -0.25) is 9.79 Å². The van der Waals surface area contributed by atoms with Gasteiger partial charge in [0.25, 0.3) is 5.91 Å². The number of amidine groups is 2. The number of aromatic amines is 1. The van der Waals surface area contributed by atoms with Crippen molar-refractivity contribution >= 4 is 45.3 Å². The first kappa shape index (κ1) is 19.9. The number of H-pyrrole nitrogens is 1. The van der Waals surface area contributed by atoms with Crippen LogP contribution >= 0.6 is 11.8 Å². The van der Waals surface area contributed by atoms with E-state index in [2.05, 4.69) is 4.98 Å². The third-order valence-corrected chi connectivity index (χ3v) is 6.94. The molecule has 4 aromatic rings. The highest BCUT2D eigenvalue weighted by molar-refractivity contribution is 8.13. The van der Waals surface area contributed by atoms with Crippen LogP contribution in [0, 0.1) is 5.82 Å². The number of halogens is 1. The SMILES string of the molecule is O=C1C(Cc2c[nH]c3ccccc23)N=C2c3ccccc3N=C(SCc3ccccc3F)N12. The lowest BCUT2D eigenvalue weighted by Gasteiger charge is -2.25. The topological polar surface area (TPSA) is 60.8 Å². The fourth-order valence-corrected chi connectivity index (χ4v) is 5.29. The Kier molecular flexibility index (Phi) is 4.84. The smallest absolute Gasteiger partial charge is 0.259 e. The number of carbonyl (C=O) groups is 1. The highest BCUT2D eigenvalue weighted by Gasteiger charge is 2.41. The molecule has 3 heterocycles. The van der Waals surface area contributed by atoms with Gasteiger partial charge in [0.2, 0.25) is 0 Å². The van der Waals surface area contributed by atoms with Crippen molar-refractivity contribution in [2.75, 3.05) is 0 Å². The number of carbonyl (C=O) groups excluding carboxylic acids is 1. The molecule has 3 aromatic carbocycles. The summed E-state index contributed by atoms with van der Waals surface area (Å²) in [6, 6.07) is 21.9. The maximum Gasteiger partial charge on any atom is 0.259 e. The molecule has 1 aromatic heterocycles. The van der Waals surface area contributed by atoms with Gasteiger partial charge < -0.3 is 4.98 Å². The molecule has 1 atom stereocenters. The van der Waals surface area contributed by atoms with E-state index in [1.54, 1.807) is 17.0 Å². The van der Waals surface area contributed by atoms with Crippen LogP contribution in [-0.4, -0.2) is 32.8 Å². The monoisotopic (exact) mass is 454 g/mol. The summed E-state index contributed by atoms with van der Waals surface area (Å²) in [7, 11) is 0. The van der Waals surface area contributed by atoms with Crippen LogP contribution in [0.4, 0.5) is 10.1 Å². The lowest BCUT2D eigenvalue weighted by Crippen LogP contribution is -2.41. The summed E-state index contributed by atoms with van der Waals surface area (Å²) >= 11 is 1.35. The molecule has 33 heavy (non-hydrogen) atoms. The Hall–Kier alpha value is -3.71. The van der Waals surface area contributed by atoms with E-state index in [0.29, 0.717) is 28.7 Å². The summed E-state index contributed by atoms with van der Waals surface area (Å²) in [5.41, 5.74) is 4.27. The van der Waals surface area contributed by atoms with Gasteiger partial charge in [-0.1, -0.05) is 60.3 Å². The molecule has 162 valence electrons. The van der Waals surface area contributed by atoms with Gasteiger partial charge in [0, 0.05) is 34.8 Å². The normalized spacial score (nSPS) is 17.1. The fraction of sp³-hybridized carbons (Fsp3) is 0.115. The average molecular weight is 455 g/mol. The molecule has 1 unspecified atom stereocenters. The van der Waals surface area contributed by atoms with Crippen molar-refractivity contribution in [1.82, 2.24) is 9.88 Å². The lowest BCUT2D eigenvalue weighted by atomic mass is 10.1. The van der Waals surface area contributed by atoms with Crippen LogP contribution in [0.3, 0.4) is 0 Å². The highest BCUT2D eigenvalue weighted by Crippen LogP contribution is 2.35. The van der Waals surface area contributed by atoms with E-state index in [-0.39, 0.29) is 11.7 Å². The molecular weight excluding hydrogens is 435 g/mol. The van der Waals surface area contributed by atoms with Crippen molar-refractivity contribution in [2.24, 2.45) is 9.98 Å². The van der Waals surface area contributed by atoms with Gasteiger partial charge in [-0.05, 0) is 35.4 Å². The molecule has 6 rings (SSSR count). The Balaban J connectivity index is 1.34. The number of nitrogens with one attached hydrogen (secondary N) is 1. The Labute approximate surface area is 194 Å². The summed E-state index contributed by atoms with van der Waals surface area (Å²) in [6.07, 6.45) is 2.45. The quantitative estimate of drug-likeness (QED) is 0.446. The Morgan fingerprint density at radius 1 is 0.970 bits per heavy atom. The third kappa shape index (κ3) is 3.45. The molecule has 2 aliphatic heterocycles. The van der Waals surface area contributed by atoms with Gasteiger partial charge in [0.05, 0.1) is 5.69 Å². The van der Waals surface area contributed by atoms with Crippen LogP contribution in [-0.2, 0) is 17.0 Å². The van der Waals surface area contributed by atoms with E-state index in [4.69, 9.17) is 9.98 Å². The molecule has 7 heteroatoms. The maximum absolute atomic E-state index is 14.2. The molecule has 5 nitrogen and oxygen atoms in total. The lowest BCUT2D eigenvalue weighted by molar-refractivity contribution is -0.124. The van der Waals surface area contributed by atoms with Crippen LogP contribution in [0.15, 0.2) is 89.0 Å². The molecule has 0 saturated carbocycles. The summed E-state index contributed by atoms with van der Waals surface area (Å²) in [4.78, 5) is 28.0. The zero-order chi connectivity index (χ0) is 22.4. The molecule has 1 amide bonds. The van der Waals surface area contributed by atoms with Crippen molar-refractivity contribution in [2.45, 2.75) is 18.2 Å². The minimum atomic E-state index is -0.537. The number of para-hydroxylation sites is 2. The number of aliphatic imine (C=N–C) groups is 2. The molecule has 0 aliphatic carbocycles. The number of hydrogen-bond acceptors (Lipinski definition) is 4. The average Bonchev–Trinajstić information content (AvgIpc) is 3.40. The zero-order valence-corrected chi connectivity index (χ0v) is 18.3. The van der Waals surface area contributed by atoms with Gasteiger partial charge in [-0.25, -0.2) is 14.3 Å². The number of amides is 1. The third-order valence-electron chi connectivity index (χ3n) is 5.95. The molecule has 0 spiro atoms. The van der Waals surface area contributed by atoms with E-state index in [9.17, 15) is 9.18 Å². The van der Waals surface area contributed by atoms with Crippen molar-refractivity contribution in [3.63, 3.8) is 0 Å². The predicted molar refractivity (Wildman–Crippen MR) is 130 cm³/mol. The number of benzene rings is 3. The van der Waals surface area contributed by atoms with E-state index in [0.717, 1.165) is 27.7 Å². The van der Waals surface area contributed by atoms with E-state index < -0.39 is 6.04 Å². The first-order valence-corrected chi connectivity index (χ1v) is 11.7. The van der Waals surface area contributed by atoms with Crippen LogP contribution < -0.4 is 0 Å². The maximum atomic E-state index is 14.2. The first-order valence-electron chi connectivity index (χ1n) is 10.7. The molecular formula is C26H19FN4OS. The Morgan fingerprint density at radius 3 is 2.67 bits per heavy atom. The standard InChI is InChI=1S/C26H19FN4OS/c27-20-10-4-1-7-16(20)15-33-26-30-22-12-6-3-9-19(22)24-29-23(25(32)31(24)26)13-17-14-28-21-11-5-2-8-18(17)21/h1-12,14,23,28H,13,15H2. The zero-order valence-electron chi connectivity index (χ0n) is 17.5. The number of thioether (sulfide) groups is 1. The molecule has 0 bridgehead atoms. The predicted octanol–water partition coefficient (Wildman–Crippen LogP) is 5.44. The van der Waals surface area contributed by atoms with Gasteiger partial charge in [0.15, 0.2) is 5.17 Å². The van der Waals surface area contributed by atoms with Crippen molar-refractivity contribution in [1.29, 1.82) is 0 Å². The minimum Gasteiger partial charge on any atom is -0.361 e. The minimum absolute atomic E-state index is 0.107. The van der Waals surface area contributed by atoms with E-state index in [1.165, 1.54) is 17.8 Å². The van der Waals surface area contributed by atoms with E-state index >= 15 is 0 Å². The molecule has 1 N–H and O–H groups in total. The summed E-state index contributed by atoms with van der Waals surface area (Å²) in [6.45, 7) is 0. The fourth-order valence-electron chi connectivity index (χ4n) is 4.30. The van der Waals surface area contributed by atoms with E-state index in [1.807, 2.05) is 60.8 Å². The summed E-state index contributed by atoms with van der Waals surface area (Å²) < 4.78 is 14.2. The number of fused-ring (bicyclic) bond motifs is 4. The summed E-state index contributed by atoms with van der Waals surface area (Å²) in [5, 5.41) is 1.63. The molecule has 2 aliphatic rings. The Morgan fingerprint density at radius 2 is 1.76 bits per heavy atom. The van der Waals surface area contributed by atoms with Crippen molar-refractivity contribution in [3.05, 3.63) is 102 Å². The van der Waals surface area contributed by atoms with Crippen LogP contribution in [0.2, 0.25) is 0 Å². The van der Waals surface area contributed by atoms with Crippen molar-refractivity contribution in [3.8, 4) is 0 Å². The second-order valence-electron chi connectivity index (χ2n) is 8.00. The second-order valence-corrected chi connectivity index (χ2v) is 8.94. The molecule has 0 saturated heterocycles. The van der Waals surface area contributed by atoms with Gasteiger partial charge in [0.1, 0.15) is 17.7 Å². The summed E-state index contributed by atoms with van der Waals surface area (Å²) in [5.74, 6) is 0.620. The number of nitrogens with zero attached hydrogens (tertiary/aromatic N) is 3. The number of aromatic nitrogens is 1. The second kappa shape index (κ2) is 8.01. The largest absolute Gasteiger partial charge is 0.361 e. The molecule has 0 fully saturated rings. The first-order chi connectivity index (χ1) is 16.2. The van der Waals surface area contributed by atoms with Gasteiger partial charge >= 0.3 is 0 Å². The van der Waals surface area contributed by atoms with Crippen LogP contribution in [0.25, 0.3) is 10.9 Å². The number of hydrogen-bond donors (Lipinski definition) is 1. The van der Waals surface area contributed by atoms with Gasteiger partial charge in [-0.15, -0.1) is 0 Å². The molecule has 0 radical (unpaired) electrons. The number of rotatable bonds is 4.